The molecule has 0 radical (unpaired) electrons. The summed E-state index contributed by atoms with van der Waals surface area (Å²) < 4.78 is 0. The summed E-state index contributed by atoms with van der Waals surface area (Å²) >= 11 is 0. The van der Waals surface area contributed by atoms with E-state index >= 15 is 0 Å². The van der Waals surface area contributed by atoms with E-state index in [9.17, 15) is 0 Å². The van der Waals surface area contributed by atoms with Gasteiger partial charge in [0, 0.05) is 0 Å². The predicted octanol–water partition coefficient (Wildman–Crippen LogP) is 6.79. The smallest absolute Gasteiger partial charge is 0.0365 e. The predicted molar refractivity (Wildman–Crippen MR) is 94.3 cm³/mol. The Bertz CT molecular complexity index is 273. The summed E-state index contributed by atoms with van der Waals surface area (Å²) in [5.41, 5.74) is 0. The fraction of sp³-hybridized carbons (Fsp3) is 1.00. The van der Waals surface area contributed by atoms with Gasteiger partial charge in [-0.2, -0.15) is 0 Å². The zero-order valence-corrected chi connectivity index (χ0v) is 15.6. The van der Waals surface area contributed by atoms with Crippen molar-refractivity contribution >= 4 is 0 Å². The molecular formula is C21H40. The summed E-state index contributed by atoms with van der Waals surface area (Å²) in [6, 6.07) is 0. The van der Waals surface area contributed by atoms with Crippen LogP contribution in [0, 0.1) is 47.3 Å². The molecule has 2 rings (SSSR count). The first-order valence-corrected chi connectivity index (χ1v) is 9.88. The molecular weight excluding hydrogens is 252 g/mol. The minimum Gasteiger partial charge on any atom is -0.0625 e. The van der Waals surface area contributed by atoms with Crippen molar-refractivity contribution in [1.82, 2.24) is 0 Å². The molecule has 2 aliphatic rings. The van der Waals surface area contributed by atoms with Crippen LogP contribution in [-0.4, -0.2) is 0 Å². The molecule has 0 aliphatic heterocycles. The molecule has 6 unspecified atom stereocenters. The Kier molecular flexibility index (Phi) is 6.21. The summed E-state index contributed by atoms with van der Waals surface area (Å²) in [4.78, 5) is 0. The third-order valence-corrected chi connectivity index (χ3v) is 7.07. The lowest BCUT2D eigenvalue weighted by atomic mass is 9.65. The number of rotatable bonds is 4. The van der Waals surface area contributed by atoms with Crippen LogP contribution in [0.3, 0.4) is 0 Å². The van der Waals surface area contributed by atoms with Crippen molar-refractivity contribution in [1.29, 1.82) is 0 Å². The van der Waals surface area contributed by atoms with Gasteiger partial charge in [0.25, 0.3) is 0 Å². The van der Waals surface area contributed by atoms with Gasteiger partial charge < -0.3 is 0 Å². The standard InChI is InChI=1S/C21H40/c1-14(2)20-9-7-18(11-16(20)5)13-19-8-10-21(15(3)4)17(6)12-19/h14-21H,7-13H2,1-6H3. The molecule has 2 saturated carbocycles. The highest BCUT2D eigenvalue weighted by Crippen LogP contribution is 2.44. The SMILES string of the molecule is CC(C)C1CCC(CC2CCC(C(C)C)C(C)C2)CC1C. The van der Waals surface area contributed by atoms with Gasteiger partial charge in [0.15, 0.2) is 0 Å². The first-order chi connectivity index (χ1) is 9.88. The molecule has 0 amide bonds. The van der Waals surface area contributed by atoms with E-state index in [2.05, 4.69) is 41.5 Å². The van der Waals surface area contributed by atoms with Crippen molar-refractivity contribution in [2.24, 2.45) is 47.3 Å². The fourth-order valence-corrected chi connectivity index (χ4v) is 5.94. The monoisotopic (exact) mass is 292 g/mol. The van der Waals surface area contributed by atoms with E-state index in [1.165, 1.54) is 38.5 Å². The number of hydrogen-bond donors (Lipinski definition) is 0. The molecule has 0 aromatic heterocycles. The van der Waals surface area contributed by atoms with Crippen LogP contribution >= 0.6 is 0 Å². The molecule has 2 fully saturated rings. The molecule has 0 aromatic carbocycles. The Hall–Kier alpha value is 0. The van der Waals surface area contributed by atoms with E-state index < -0.39 is 0 Å². The van der Waals surface area contributed by atoms with Crippen LogP contribution < -0.4 is 0 Å². The van der Waals surface area contributed by atoms with Crippen molar-refractivity contribution in [3.8, 4) is 0 Å². The average molecular weight is 293 g/mol. The van der Waals surface area contributed by atoms with Crippen LogP contribution in [0.1, 0.15) is 86.5 Å². The number of hydrogen-bond acceptors (Lipinski definition) is 0. The highest BCUT2D eigenvalue weighted by molar-refractivity contribution is 4.84. The Balaban J connectivity index is 1.79. The summed E-state index contributed by atoms with van der Waals surface area (Å²) in [5.74, 6) is 7.80. The molecule has 0 heteroatoms. The third-order valence-electron chi connectivity index (χ3n) is 7.07. The highest BCUT2D eigenvalue weighted by atomic mass is 14.4. The van der Waals surface area contributed by atoms with Crippen LogP contribution in [0.4, 0.5) is 0 Å². The molecule has 0 aromatic rings. The Morgan fingerprint density at radius 3 is 1.33 bits per heavy atom. The van der Waals surface area contributed by atoms with Gasteiger partial charge in [-0.15, -0.1) is 0 Å². The molecule has 0 spiro atoms. The highest BCUT2D eigenvalue weighted by Gasteiger charge is 2.33. The summed E-state index contributed by atoms with van der Waals surface area (Å²) in [5, 5.41) is 0. The zero-order chi connectivity index (χ0) is 15.6. The van der Waals surface area contributed by atoms with Crippen LogP contribution in [0.25, 0.3) is 0 Å². The minimum atomic E-state index is 0.891. The van der Waals surface area contributed by atoms with Crippen molar-refractivity contribution in [3.63, 3.8) is 0 Å². The Labute approximate surface area is 134 Å². The van der Waals surface area contributed by atoms with E-state index in [1.807, 2.05) is 0 Å². The molecule has 21 heavy (non-hydrogen) atoms. The maximum absolute atomic E-state index is 2.52. The Morgan fingerprint density at radius 1 is 0.667 bits per heavy atom. The zero-order valence-electron chi connectivity index (χ0n) is 15.6. The van der Waals surface area contributed by atoms with E-state index in [4.69, 9.17) is 0 Å². The van der Waals surface area contributed by atoms with Gasteiger partial charge in [-0.1, -0.05) is 54.4 Å². The molecule has 0 bridgehead atoms. The van der Waals surface area contributed by atoms with Crippen LogP contribution in [-0.2, 0) is 0 Å². The minimum absolute atomic E-state index is 0.891. The van der Waals surface area contributed by atoms with Gasteiger partial charge in [0.05, 0.1) is 0 Å². The van der Waals surface area contributed by atoms with Crippen molar-refractivity contribution in [2.45, 2.75) is 86.5 Å². The maximum Gasteiger partial charge on any atom is -0.0365 e. The summed E-state index contributed by atoms with van der Waals surface area (Å²) in [6.45, 7) is 14.8. The van der Waals surface area contributed by atoms with Gasteiger partial charge in [0.1, 0.15) is 0 Å². The van der Waals surface area contributed by atoms with Gasteiger partial charge in [-0.05, 0) is 79.4 Å². The van der Waals surface area contributed by atoms with E-state index in [0.717, 1.165) is 47.3 Å². The van der Waals surface area contributed by atoms with Gasteiger partial charge in [-0.25, -0.2) is 0 Å². The molecule has 2 aliphatic carbocycles. The third kappa shape index (κ3) is 4.49. The second kappa shape index (κ2) is 7.51. The average Bonchev–Trinajstić information content (AvgIpc) is 2.37. The maximum atomic E-state index is 2.52. The first kappa shape index (κ1) is 17.4. The van der Waals surface area contributed by atoms with Crippen LogP contribution in [0.15, 0.2) is 0 Å². The van der Waals surface area contributed by atoms with Gasteiger partial charge >= 0.3 is 0 Å². The fourth-order valence-electron chi connectivity index (χ4n) is 5.94. The lowest BCUT2D eigenvalue weighted by Gasteiger charge is -2.41. The van der Waals surface area contributed by atoms with Gasteiger partial charge in [-0.3, -0.25) is 0 Å². The lowest BCUT2D eigenvalue weighted by molar-refractivity contribution is 0.0995. The summed E-state index contributed by atoms with van der Waals surface area (Å²) in [7, 11) is 0. The molecule has 0 heterocycles. The van der Waals surface area contributed by atoms with Crippen LogP contribution in [0.2, 0.25) is 0 Å². The molecule has 0 nitrogen and oxygen atoms in total. The van der Waals surface area contributed by atoms with E-state index in [1.54, 1.807) is 6.42 Å². The van der Waals surface area contributed by atoms with Crippen molar-refractivity contribution < 1.29 is 0 Å². The first-order valence-electron chi connectivity index (χ1n) is 9.88. The Morgan fingerprint density at radius 2 is 1.05 bits per heavy atom. The van der Waals surface area contributed by atoms with E-state index in [-0.39, 0.29) is 0 Å². The molecule has 0 saturated heterocycles. The second-order valence-electron chi connectivity index (χ2n) is 9.36. The quantitative estimate of drug-likeness (QED) is 0.535. The lowest BCUT2D eigenvalue weighted by Crippen LogP contribution is -2.30. The van der Waals surface area contributed by atoms with E-state index in [0.29, 0.717) is 0 Å². The van der Waals surface area contributed by atoms with Crippen molar-refractivity contribution in [3.05, 3.63) is 0 Å². The molecule has 0 N–H and O–H groups in total. The van der Waals surface area contributed by atoms with Crippen molar-refractivity contribution in [2.75, 3.05) is 0 Å². The molecule has 6 atom stereocenters. The van der Waals surface area contributed by atoms with Crippen LogP contribution in [0.5, 0.6) is 0 Å². The summed E-state index contributed by atoms with van der Waals surface area (Å²) in [6.07, 6.45) is 10.6. The molecule has 124 valence electrons. The topological polar surface area (TPSA) is 0 Å². The van der Waals surface area contributed by atoms with Gasteiger partial charge in [0.2, 0.25) is 0 Å². The normalized spacial score (nSPS) is 41.7. The largest absolute Gasteiger partial charge is 0.0625 e. The second-order valence-corrected chi connectivity index (χ2v) is 9.36.